The monoisotopic (exact) mass is 369 g/mol. The van der Waals surface area contributed by atoms with Crippen molar-refractivity contribution in [2.45, 2.75) is 50.9 Å². The molecule has 4 heteroatoms. The molecule has 1 aliphatic heterocycles. The molecule has 3 aliphatic rings. The SMILES string of the molecule is CCN1CCN(CCCNC(=O)[C@@]2(c3ccccc3)CC23CCCC3)CC1. The summed E-state index contributed by atoms with van der Waals surface area (Å²) in [6.45, 7) is 10.00. The van der Waals surface area contributed by atoms with Gasteiger partial charge in [0.1, 0.15) is 0 Å². The summed E-state index contributed by atoms with van der Waals surface area (Å²) in [5, 5.41) is 3.32. The highest BCUT2D eigenvalue weighted by Crippen LogP contribution is 2.72. The molecular formula is C23H35N3O. The van der Waals surface area contributed by atoms with Crippen molar-refractivity contribution in [1.82, 2.24) is 15.1 Å². The van der Waals surface area contributed by atoms with Crippen molar-refractivity contribution in [3.05, 3.63) is 35.9 Å². The molecule has 0 unspecified atom stereocenters. The van der Waals surface area contributed by atoms with Gasteiger partial charge in [0.25, 0.3) is 0 Å². The molecule has 0 aromatic heterocycles. The minimum absolute atomic E-state index is 0.245. The Morgan fingerprint density at radius 1 is 1.04 bits per heavy atom. The molecule has 1 saturated heterocycles. The van der Waals surface area contributed by atoms with E-state index in [1.165, 1.54) is 57.4 Å². The molecule has 1 spiro atoms. The third-order valence-electron chi connectivity index (χ3n) is 7.45. The van der Waals surface area contributed by atoms with Crippen molar-refractivity contribution in [3.8, 4) is 0 Å². The number of nitrogens with one attached hydrogen (secondary N) is 1. The number of piperazine rings is 1. The van der Waals surface area contributed by atoms with E-state index in [9.17, 15) is 4.79 Å². The van der Waals surface area contributed by atoms with E-state index in [1.54, 1.807) is 0 Å². The molecule has 148 valence electrons. The Balaban J connectivity index is 1.30. The lowest BCUT2D eigenvalue weighted by molar-refractivity contribution is -0.124. The van der Waals surface area contributed by atoms with E-state index in [0.717, 1.165) is 32.5 Å². The van der Waals surface area contributed by atoms with Crippen LogP contribution in [0, 0.1) is 5.41 Å². The van der Waals surface area contributed by atoms with E-state index >= 15 is 0 Å². The maximum atomic E-state index is 13.3. The fraction of sp³-hybridized carbons (Fsp3) is 0.696. The first-order chi connectivity index (χ1) is 13.2. The number of carbonyl (C=O) groups excluding carboxylic acids is 1. The van der Waals surface area contributed by atoms with Gasteiger partial charge in [-0.2, -0.15) is 0 Å². The lowest BCUT2D eigenvalue weighted by Crippen LogP contribution is -2.47. The lowest BCUT2D eigenvalue weighted by atomic mass is 9.84. The highest BCUT2D eigenvalue weighted by molar-refractivity contribution is 5.93. The molecule has 1 aromatic carbocycles. The summed E-state index contributed by atoms with van der Waals surface area (Å²) in [5.74, 6) is 0.284. The van der Waals surface area contributed by atoms with Gasteiger partial charge in [-0.15, -0.1) is 0 Å². The van der Waals surface area contributed by atoms with E-state index in [4.69, 9.17) is 0 Å². The molecule has 27 heavy (non-hydrogen) atoms. The first kappa shape index (κ1) is 18.9. The van der Waals surface area contributed by atoms with E-state index in [-0.39, 0.29) is 16.7 Å². The summed E-state index contributed by atoms with van der Waals surface area (Å²) in [6.07, 6.45) is 7.11. The molecule has 3 fully saturated rings. The molecule has 0 bridgehead atoms. The van der Waals surface area contributed by atoms with E-state index < -0.39 is 0 Å². The first-order valence-corrected chi connectivity index (χ1v) is 11.0. The van der Waals surface area contributed by atoms with E-state index in [1.807, 2.05) is 0 Å². The summed E-state index contributed by atoms with van der Waals surface area (Å²) in [5.41, 5.74) is 1.23. The smallest absolute Gasteiger partial charge is 0.231 e. The molecule has 1 N–H and O–H groups in total. The zero-order valence-corrected chi connectivity index (χ0v) is 16.9. The van der Waals surface area contributed by atoms with Crippen molar-refractivity contribution < 1.29 is 4.79 Å². The summed E-state index contributed by atoms with van der Waals surface area (Å²) in [4.78, 5) is 18.3. The Kier molecular flexibility index (Phi) is 5.56. The average Bonchev–Trinajstić information content (AvgIpc) is 3.13. The van der Waals surface area contributed by atoms with Gasteiger partial charge in [-0.1, -0.05) is 50.1 Å². The van der Waals surface area contributed by atoms with Crippen molar-refractivity contribution >= 4 is 5.91 Å². The van der Waals surface area contributed by atoms with Gasteiger partial charge in [0.2, 0.25) is 5.91 Å². The van der Waals surface area contributed by atoms with Crippen LogP contribution in [0.1, 0.15) is 51.0 Å². The number of benzene rings is 1. The second-order valence-electron chi connectivity index (χ2n) is 8.82. The van der Waals surface area contributed by atoms with Crippen LogP contribution in [0.4, 0.5) is 0 Å². The normalized spacial score (nSPS) is 27.7. The predicted molar refractivity (Wildman–Crippen MR) is 110 cm³/mol. The quantitative estimate of drug-likeness (QED) is 0.751. The Hall–Kier alpha value is -1.39. The number of carbonyl (C=O) groups is 1. The molecule has 4 nitrogen and oxygen atoms in total. The van der Waals surface area contributed by atoms with Gasteiger partial charge < -0.3 is 15.1 Å². The third-order valence-corrected chi connectivity index (χ3v) is 7.45. The van der Waals surface area contributed by atoms with E-state index in [0.29, 0.717) is 0 Å². The summed E-state index contributed by atoms with van der Waals surface area (Å²) in [7, 11) is 0. The third kappa shape index (κ3) is 3.54. The Labute approximate surface area is 164 Å². The van der Waals surface area contributed by atoms with Crippen LogP contribution < -0.4 is 5.32 Å². The van der Waals surface area contributed by atoms with Crippen molar-refractivity contribution in [1.29, 1.82) is 0 Å². The number of hydrogen-bond donors (Lipinski definition) is 1. The maximum absolute atomic E-state index is 13.3. The van der Waals surface area contributed by atoms with Gasteiger partial charge in [0.05, 0.1) is 5.41 Å². The highest BCUT2D eigenvalue weighted by Gasteiger charge is 2.72. The molecule has 1 aromatic rings. The zero-order valence-electron chi connectivity index (χ0n) is 16.9. The first-order valence-electron chi connectivity index (χ1n) is 11.0. The maximum Gasteiger partial charge on any atom is 0.231 e. The second-order valence-corrected chi connectivity index (χ2v) is 8.82. The van der Waals surface area contributed by atoms with Crippen LogP contribution in [0.25, 0.3) is 0 Å². The topological polar surface area (TPSA) is 35.6 Å². The average molecular weight is 370 g/mol. The standard InChI is InChI=1S/C23H35N3O/c1-2-25-15-17-26(18-16-25)14-8-13-24-21(27)23(20-9-4-3-5-10-20)19-22(23)11-6-7-12-22/h3-5,9-10H,2,6-8,11-19H2,1H3,(H,24,27)/t23-/m0/s1. The van der Waals surface area contributed by atoms with Crippen LogP contribution in [-0.4, -0.2) is 61.5 Å². The Morgan fingerprint density at radius 2 is 1.70 bits per heavy atom. The van der Waals surface area contributed by atoms with Crippen LogP contribution in [0.15, 0.2) is 30.3 Å². The number of likely N-dealkylation sites (N-methyl/N-ethyl adjacent to an activating group) is 1. The molecule has 0 radical (unpaired) electrons. The number of amides is 1. The van der Waals surface area contributed by atoms with Crippen molar-refractivity contribution in [2.24, 2.45) is 5.41 Å². The van der Waals surface area contributed by atoms with Gasteiger partial charge in [0.15, 0.2) is 0 Å². The molecule has 2 saturated carbocycles. The molecule has 1 amide bonds. The predicted octanol–water partition coefficient (Wildman–Crippen LogP) is 3.03. The number of nitrogens with zero attached hydrogens (tertiary/aromatic N) is 2. The largest absolute Gasteiger partial charge is 0.355 e. The lowest BCUT2D eigenvalue weighted by Gasteiger charge is -2.34. The zero-order chi connectivity index (χ0) is 18.7. The molecule has 1 atom stereocenters. The van der Waals surface area contributed by atoms with Crippen LogP contribution in [-0.2, 0) is 10.2 Å². The van der Waals surface area contributed by atoms with E-state index in [2.05, 4.69) is 52.4 Å². The van der Waals surface area contributed by atoms with Crippen LogP contribution >= 0.6 is 0 Å². The highest BCUT2D eigenvalue weighted by atomic mass is 16.2. The van der Waals surface area contributed by atoms with Crippen LogP contribution in [0.5, 0.6) is 0 Å². The summed E-state index contributed by atoms with van der Waals surface area (Å²) >= 11 is 0. The Morgan fingerprint density at radius 3 is 2.37 bits per heavy atom. The molecule has 2 aliphatic carbocycles. The van der Waals surface area contributed by atoms with Gasteiger partial charge in [-0.05, 0) is 49.8 Å². The van der Waals surface area contributed by atoms with Crippen LogP contribution in [0.2, 0.25) is 0 Å². The fourth-order valence-corrected chi connectivity index (χ4v) is 5.69. The number of rotatable bonds is 7. The van der Waals surface area contributed by atoms with Crippen molar-refractivity contribution in [3.63, 3.8) is 0 Å². The van der Waals surface area contributed by atoms with Gasteiger partial charge in [-0.25, -0.2) is 0 Å². The minimum Gasteiger partial charge on any atom is -0.355 e. The molecular weight excluding hydrogens is 334 g/mol. The summed E-state index contributed by atoms with van der Waals surface area (Å²) in [6, 6.07) is 10.6. The van der Waals surface area contributed by atoms with Crippen LogP contribution in [0.3, 0.4) is 0 Å². The fourth-order valence-electron chi connectivity index (χ4n) is 5.69. The molecule has 1 heterocycles. The van der Waals surface area contributed by atoms with Gasteiger partial charge in [0, 0.05) is 32.7 Å². The molecule has 4 rings (SSSR count). The number of hydrogen-bond acceptors (Lipinski definition) is 3. The Bertz CT molecular complexity index is 632. The van der Waals surface area contributed by atoms with Gasteiger partial charge >= 0.3 is 0 Å². The van der Waals surface area contributed by atoms with Crippen molar-refractivity contribution in [2.75, 3.05) is 45.8 Å². The van der Waals surface area contributed by atoms with Gasteiger partial charge in [-0.3, -0.25) is 4.79 Å². The second kappa shape index (κ2) is 7.92. The minimum atomic E-state index is -0.252. The summed E-state index contributed by atoms with van der Waals surface area (Å²) < 4.78 is 0.